The van der Waals surface area contributed by atoms with Crippen molar-refractivity contribution in [1.82, 2.24) is 0 Å². The summed E-state index contributed by atoms with van der Waals surface area (Å²) in [6.07, 6.45) is 4.37. The minimum absolute atomic E-state index is 0.0268. The van der Waals surface area contributed by atoms with Crippen LogP contribution in [-0.2, 0) is 14.3 Å². The number of aliphatic hydroxyl groups excluding tert-OH is 4. The van der Waals surface area contributed by atoms with Gasteiger partial charge in [-0.25, -0.2) is 0 Å². The molecule has 6 aliphatic rings. The Labute approximate surface area is 257 Å². The molecule has 4 saturated carbocycles. The van der Waals surface area contributed by atoms with Crippen LogP contribution in [0.4, 0.5) is 0 Å². The van der Waals surface area contributed by atoms with Gasteiger partial charge < -0.3 is 35.0 Å². The van der Waals surface area contributed by atoms with Crippen LogP contribution in [0.15, 0.2) is 11.6 Å². The van der Waals surface area contributed by atoms with Crippen molar-refractivity contribution in [1.29, 1.82) is 0 Å². The van der Waals surface area contributed by atoms with Crippen LogP contribution >= 0.6 is 0 Å². The highest BCUT2D eigenvalue weighted by molar-refractivity contribution is 5.77. The number of hydrogen-bond acceptors (Lipinski definition) is 7. The maximum absolute atomic E-state index is 12.9. The zero-order valence-electron chi connectivity index (χ0n) is 27.3. The van der Waals surface area contributed by atoms with E-state index in [1.54, 1.807) is 0 Å². The molecule has 0 amide bonds. The fourth-order valence-corrected chi connectivity index (χ4v) is 11.9. The van der Waals surface area contributed by atoms with E-state index in [-0.39, 0.29) is 45.7 Å². The molecule has 1 heterocycles. The van der Waals surface area contributed by atoms with Gasteiger partial charge in [0.1, 0.15) is 18.3 Å². The van der Waals surface area contributed by atoms with Gasteiger partial charge in [0.05, 0.1) is 24.2 Å². The summed E-state index contributed by atoms with van der Waals surface area (Å²) in [5.74, 6) is -0.320. The zero-order valence-corrected chi connectivity index (χ0v) is 27.3. The van der Waals surface area contributed by atoms with E-state index < -0.39 is 42.1 Å². The Morgan fingerprint density at radius 1 is 0.860 bits per heavy atom. The molecule has 0 aromatic heterocycles. The zero-order chi connectivity index (χ0) is 31.5. The van der Waals surface area contributed by atoms with Crippen LogP contribution < -0.4 is 0 Å². The fourth-order valence-electron chi connectivity index (χ4n) is 11.9. The van der Waals surface area contributed by atoms with Gasteiger partial charge in [0.15, 0.2) is 6.29 Å². The Morgan fingerprint density at radius 3 is 2.21 bits per heavy atom. The SMILES string of the molecule is CC1(C)CC[C@]2(C(=O)O)CC[C@]3(C)C(=CC[C@H]4[C@@]5(C)CC[C@H](O[C@@H]6OC[C@H](O)[C@@H](O)[C@H]6O)C(C)(C)[C@H]5CC[C@]43C)[C@@H]2[C@@H]1O. The Morgan fingerprint density at radius 2 is 1.53 bits per heavy atom. The van der Waals surface area contributed by atoms with Crippen molar-refractivity contribution < 1.29 is 39.8 Å². The molecule has 5 aliphatic carbocycles. The van der Waals surface area contributed by atoms with Gasteiger partial charge in [-0.15, -0.1) is 0 Å². The first-order chi connectivity index (χ1) is 19.9. The average Bonchev–Trinajstić information content (AvgIpc) is 2.92. The number of aliphatic carboxylic acids is 1. The van der Waals surface area contributed by atoms with E-state index in [9.17, 15) is 30.3 Å². The van der Waals surface area contributed by atoms with Crippen LogP contribution in [0, 0.1) is 50.2 Å². The van der Waals surface area contributed by atoms with Crippen LogP contribution in [0.25, 0.3) is 0 Å². The molecule has 5 N–H and O–H groups in total. The quantitative estimate of drug-likeness (QED) is 0.232. The molecule has 0 spiro atoms. The molecule has 43 heavy (non-hydrogen) atoms. The van der Waals surface area contributed by atoms with Crippen molar-refractivity contribution in [2.75, 3.05) is 6.61 Å². The van der Waals surface area contributed by atoms with Crippen LogP contribution in [0.3, 0.4) is 0 Å². The Hall–Kier alpha value is -1.03. The van der Waals surface area contributed by atoms with Crippen molar-refractivity contribution in [3.05, 3.63) is 11.6 Å². The Balaban J connectivity index is 1.32. The van der Waals surface area contributed by atoms with Crippen molar-refractivity contribution in [2.24, 2.45) is 50.2 Å². The van der Waals surface area contributed by atoms with E-state index in [4.69, 9.17) is 9.47 Å². The predicted octanol–water partition coefficient (Wildman–Crippen LogP) is 4.67. The summed E-state index contributed by atoms with van der Waals surface area (Å²) in [5.41, 5.74) is -0.388. The molecule has 0 radical (unpaired) electrons. The molecule has 8 heteroatoms. The monoisotopic (exact) mass is 604 g/mol. The predicted molar refractivity (Wildman–Crippen MR) is 161 cm³/mol. The van der Waals surface area contributed by atoms with Gasteiger partial charge in [0.25, 0.3) is 0 Å². The van der Waals surface area contributed by atoms with Crippen molar-refractivity contribution in [3.8, 4) is 0 Å². The summed E-state index contributed by atoms with van der Waals surface area (Å²) in [7, 11) is 0. The lowest BCUT2D eigenvalue weighted by Crippen LogP contribution is -2.67. The smallest absolute Gasteiger partial charge is 0.310 e. The minimum atomic E-state index is -1.30. The number of hydrogen-bond donors (Lipinski definition) is 5. The number of allylic oxidation sites excluding steroid dienone is 1. The highest BCUT2D eigenvalue weighted by atomic mass is 16.7. The van der Waals surface area contributed by atoms with E-state index >= 15 is 0 Å². The third-order valence-electron chi connectivity index (χ3n) is 15.0. The molecule has 0 aromatic rings. The molecule has 13 atom stereocenters. The molecule has 6 rings (SSSR count). The number of carboxylic acids is 1. The van der Waals surface area contributed by atoms with Gasteiger partial charge in [0.2, 0.25) is 0 Å². The highest BCUT2D eigenvalue weighted by Gasteiger charge is 2.70. The van der Waals surface area contributed by atoms with Gasteiger partial charge in [0, 0.05) is 5.92 Å². The fraction of sp³-hybridized carbons (Fsp3) is 0.914. The Bertz CT molecular complexity index is 1160. The van der Waals surface area contributed by atoms with Crippen LogP contribution in [0.2, 0.25) is 0 Å². The molecule has 0 unspecified atom stereocenters. The number of carbonyl (C=O) groups is 1. The third kappa shape index (κ3) is 4.18. The van der Waals surface area contributed by atoms with E-state index in [1.165, 1.54) is 5.57 Å². The number of aliphatic hydroxyl groups is 4. The minimum Gasteiger partial charge on any atom is -0.481 e. The second-order valence-corrected chi connectivity index (χ2v) is 17.4. The molecular formula is C35H56O8. The Kier molecular flexibility index (Phi) is 7.41. The average molecular weight is 605 g/mol. The van der Waals surface area contributed by atoms with Crippen molar-refractivity contribution in [3.63, 3.8) is 0 Å². The highest BCUT2D eigenvalue weighted by Crippen LogP contribution is 2.76. The van der Waals surface area contributed by atoms with Crippen LogP contribution in [0.1, 0.15) is 106 Å². The summed E-state index contributed by atoms with van der Waals surface area (Å²) < 4.78 is 12.1. The number of fused-ring (bicyclic) bond motifs is 7. The molecule has 8 nitrogen and oxygen atoms in total. The summed E-state index contributed by atoms with van der Waals surface area (Å²) in [4.78, 5) is 12.9. The molecule has 0 bridgehead atoms. The third-order valence-corrected chi connectivity index (χ3v) is 15.0. The topological polar surface area (TPSA) is 137 Å². The van der Waals surface area contributed by atoms with E-state index in [1.807, 2.05) is 0 Å². The molecule has 1 saturated heterocycles. The first kappa shape index (κ1) is 31.9. The van der Waals surface area contributed by atoms with Gasteiger partial charge in [-0.1, -0.05) is 60.1 Å². The molecular weight excluding hydrogens is 548 g/mol. The largest absolute Gasteiger partial charge is 0.481 e. The molecule has 1 aliphatic heterocycles. The number of rotatable bonds is 3. The van der Waals surface area contributed by atoms with Gasteiger partial charge in [-0.2, -0.15) is 0 Å². The van der Waals surface area contributed by atoms with E-state index in [2.05, 4.69) is 54.5 Å². The molecule has 5 fully saturated rings. The summed E-state index contributed by atoms with van der Waals surface area (Å²) in [5, 5.41) is 53.2. The normalized spacial score (nSPS) is 53.8. The maximum atomic E-state index is 12.9. The lowest BCUT2D eigenvalue weighted by atomic mass is 9.33. The van der Waals surface area contributed by atoms with Gasteiger partial charge >= 0.3 is 5.97 Å². The molecule has 0 aromatic carbocycles. The van der Waals surface area contributed by atoms with Crippen LogP contribution in [0.5, 0.6) is 0 Å². The van der Waals surface area contributed by atoms with Crippen molar-refractivity contribution in [2.45, 2.75) is 143 Å². The van der Waals surface area contributed by atoms with E-state index in [0.29, 0.717) is 24.7 Å². The second-order valence-electron chi connectivity index (χ2n) is 17.4. The second kappa shape index (κ2) is 9.98. The number of carboxylic acid groups (broad SMARTS) is 1. The van der Waals surface area contributed by atoms with Gasteiger partial charge in [-0.3, -0.25) is 4.79 Å². The summed E-state index contributed by atoms with van der Waals surface area (Å²) in [6, 6.07) is 0. The van der Waals surface area contributed by atoms with Crippen LogP contribution in [-0.4, -0.2) is 74.9 Å². The standard InChI is InChI=1S/C35H56O8/c1-30(2)14-16-35(29(40)41)17-15-33(6)19(24(35)27(30)39)8-9-22-32(5)12-11-23(31(3,4)21(32)10-13-34(22,33)7)43-28-26(38)25(37)20(36)18-42-28/h8,20-28,36-39H,9-18H2,1-7H3,(H,40,41)/t20-,21+,22-,23-,24+,25+,26+,27-,28-,32-,33+,34+,35-/m0/s1. The summed E-state index contributed by atoms with van der Waals surface area (Å²) >= 11 is 0. The lowest BCUT2D eigenvalue weighted by Gasteiger charge is -2.71. The van der Waals surface area contributed by atoms with E-state index in [0.717, 1.165) is 44.9 Å². The van der Waals surface area contributed by atoms with Crippen molar-refractivity contribution >= 4 is 5.97 Å². The molecule has 244 valence electrons. The first-order valence-corrected chi connectivity index (χ1v) is 16.8. The lowest BCUT2D eigenvalue weighted by molar-refractivity contribution is -0.308. The first-order valence-electron chi connectivity index (χ1n) is 16.8. The number of ether oxygens (including phenoxy) is 2. The van der Waals surface area contributed by atoms with Gasteiger partial charge in [-0.05, 0) is 96.7 Å². The maximum Gasteiger partial charge on any atom is 0.310 e. The summed E-state index contributed by atoms with van der Waals surface area (Å²) in [6.45, 7) is 16.0.